The monoisotopic (exact) mass is 527 g/mol. The van der Waals surface area contributed by atoms with Gasteiger partial charge in [0, 0.05) is 26.5 Å². The van der Waals surface area contributed by atoms with Crippen molar-refractivity contribution in [2.75, 3.05) is 0 Å². The average Bonchev–Trinajstić information content (AvgIpc) is 3.35. The number of aromatic nitrogens is 1. The Kier molecular flexibility index (Phi) is 5.71. The van der Waals surface area contributed by atoms with E-state index in [1.165, 1.54) is 0 Å². The fourth-order valence-corrected chi connectivity index (χ4v) is 6.02. The molecule has 0 saturated carbocycles. The number of aryl methyl sites for hydroxylation is 3. The van der Waals surface area contributed by atoms with Gasteiger partial charge in [0.2, 0.25) is 5.69 Å². The topological polar surface area (TPSA) is 17.0 Å². The third-order valence-electron chi connectivity index (χ3n) is 8.11. The summed E-state index contributed by atoms with van der Waals surface area (Å²) in [6, 6.07) is 29.4. The molecule has 4 aromatic carbocycles. The molecule has 2 aromatic heterocycles. The van der Waals surface area contributed by atoms with E-state index >= 15 is 0 Å². The lowest BCUT2D eigenvalue weighted by atomic mass is 9.81. The quantitative estimate of drug-likeness (QED) is 0.204. The van der Waals surface area contributed by atoms with Gasteiger partial charge in [0.15, 0.2) is 6.20 Å². The van der Waals surface area contributed by atoms with Crippen molar-refractivity contribution in [1.82, 2.24) is 0 Å². The Morgan fingerprint density at radius 1 is 0.700 bits per heavy atom. The predicted octanol–water partition coefficient (Wildman–Crippen LogP) is 10.3. The number of hydrogen-bond donors (Lipinski definition) is 0. The van der Waals surface area contributed by atoms with Gasteiger partial charge in [0.25, 0.3) is 0 Å². The zero-order valence-electron chi connectivity index (χ0n) is 27.2. The highest BCUT2D eigenvalue weighted by Gasteiger charge is 2.25. The summed E-state index contributed by atoms with van der Waals surface area (Å²) in [5.74, 6) is 0.358. The second-order valence-corrected chi connectivity index (χ2v) is 11.5. The highest BCUT2D eigenvalue weighted by atomic mass is 16.3. The molecule has 0 spiro atoms. The molecule has 40 heavy (non-hydrogen) atoms. The van der Waals surface area contributed by atoms with Gasteiger partial charge < -0.3 is 4.42 Å². The van der Waals surface area contributed by atoms with Gasteiger partial charge in [-0.05, 0) is 70.6 Å². The van der Waals surface area contributed by atoms with Crippen LogP contribution < -0.4 is 4.57 Å². The van der Waals surface area contributed by atoms with E-state index in [1.54, 1.807) is 6.20 Å². The molecule has 0 fully saturated rings. The summed E-state index contributed by atoms with van der Waals surface area (Å²) in [5, 5.41) is 2.12. The lowest BCUT2D eigenvalue weighted by Gasteiger charge is -2.23. The highest BCUT2D eigenvalue weighted by molar-refractivity contribution is 6.09. The normalized spacial score (nSPS) is 13.2. The second-order valence-electron chi connectivity index (χ2n) is 11.5. The van der Waals surface area contributed by atoms with Gasteiger partial charge in [0.1, 0.15) is 18.2 Å². The van der Waals surface area contributed by atoms with Crippen molar-refractivity contribution in [3.05, 3.63) is 113 Å². The molecule has 2 nitrogen and oxygen atoms in total. The van der Waals surface area contributed by atoms with Gasteiger partial charge in [-0.25, -0.2) is 4.57 Å². The first-order valence-corrected chi connectivity index (χ1v) is 14.1. The standard InChI is InChI=1S/C38H38NO/c1-23(2)31-19-28(27-13-9-8-10-14-27)20-32(24(3)4)37(31)33-21-34(39(7)22-26(33)6)36-25(5)17-18-30-29-15-11-12-16-35(29)40-38(30)36/h8-24H,1-7H3/q+1/i6D3. The third-order valence-corrected chi connectivity index (χ3v) is 8.11. The molecule has 0 aliphatic heterocycles. The average molecular weight is 528 g/mol. The summed E-state index contributed by atoms with van der Waals surface area (Å²) in [6.45, 7) is 8.55. The van der Waals surface area contributed by atoms with Crippen LogP contribution in [0, 0.1) is 13.8 Å². The first-order chi connectivity index (χ1) is 20.5. The number of benzene rings is 4. The van der Waals surface area contributed by atoms with E-state index in [9.17, 15) is 0 Å². The molecule has 0 bridgehead atoms. The third kappa shape index (κ3) is 4.32. The van der Waals surface area contributed by atoms with E-state index in [-0.39, 0.29) is 11.8 Å². The Hall–Kier alpha value is -4.17. The highest BCUT2D eigenvalue weighted by Crippen LogP contribution is 2.43. The Morgan fingerprint density at radius 2 is 1.38 bits per heavy atom. The Bertz CT molecular complexity index is 1950. The van der Waals surface area contributed by atoms with Crippen molar-refractivity contribution in [2.24, 2.45) is 7.05 Å². The van der Waals surface area contributed by atoms with E-state index < -0.39 is 6.85 Å². The van der Waals surface area contributed by atoms with Gasteiger partial charge in [-0.3, -0.25) is 0 Å². The summed E-state index contributed by atoms with van der Waals surface area (Å²) in [4.78, 5) is 0. The fourth-order valence-electron chi connectivity index (χ4n) is 6.02. The van der Waals surface area contributed by atoms with Gasteiger partial charge in [-0.15, -0.1) is 0 Å². The number of hydrogen-bond acceptors (Lipinski definition) is 1. The molecule has 2 heteroatoms. The van der Waals surface area contributed by atoms with Crippen molar-refractivity contribution in [3.63, 3.8) is 0 Å². The summed E-state index contributed by atoms with van der Waals surface area (Å²) >= 11 is 0. The molecule has 0 N–H and O–H groups in total. The summed E-state index contributed by atoms with van der Waals surface area (Å²) in [6.07, 6.45) is 1.80. The number of rotatable bonds is 5. The van der Waals surface area contributed by atoms with Crippen LogP contribution in [0.25, 0.3) is 55.4 Å². The zero-order chi connectivity index (χ0) is 30.6. The summed E-state index contributed by atoms with van der Waals surface area (Å²) < 4.78 is 34.3. The second kappa shape index (κ2) is 10.1. The fraction of sp³-hybridized carbons (Fsp3) is 0.237. The molecule has 0 aliphatic rings. The van der Waals surface area contributed by atoms with Crippen molar-refractivity contribution in [3.8, 4) is 33.5 Å². The van der Waals surface area contributed by atoms with E-state index in [0.717, 1.165) is 72.1 Å². The van der Waals surface area contributed by atoms with Crippen molar-refractivity contribution >= 4 is 21.9 Å². The van der Waals surface area contributed by atoms with E-state index in [4.69, 9.17) is 8.53 Å². The minimum absolute atomic E-state index is 0.179. The molecule has 6 aromatic rings. The summed E-state index contributed by atoms with van der Waals surface area (Å²) in [5.41, 5.74) is 11.4. The molecule has 0 radical (unpaired) electrons. The van der Waals surface area contributed by atoms with Crippen LogP contribution in [0.3, 0.4) is 0 Å². The number of para-hydroxylation sites is 1. The maximum atomic E-state index is 8.62. The lowest BCUT2D eigenvalue weighted by molar-refractivity contribution is -0.660. The molecule has 6 rings (SSSR count). The smallest absolute Gasteiger partial charge is 0.216 e. The van der Waals surface area contributed by atoms with Gasteiger partial charge >= 0.3 is 0 Å². The molecule has 2 heterocycles. The maximum absolute atomic E-state index is 8.62. The van der Waals surface area contributed by atoms with Crippen LogP contribution in [0.5, 0.6) is 0 Å². The van der Waals surface area contributed by atoms with Crippen LogP contribution in [0.15, 0.2) is 95.5 Å². The number of fused-ring (bicyclic) bond motifs is 3. The predicted molar refractivity (Wildman–Crippen MR) is 169 cm³/mol. The van der Waals surface area contributed by atoms with E-state index in [0.29, 0.717) is 5.56 Å². The largest absolute Gasteiger partial charge is 0.455 e. The Morgan fingerprint density at radius 3 is 2.05 bits per heavy atom. The minimum Gasteiger partial charge on any atom is -0.455 e. The van der Waals surface area contributed by atoms with Crippen LogP contribution >= 0.6 is 0 Å². The first kappa shape index (κ1) is 22.6. The number of furan rings is 1. The molecule has 0 aliphatic carbocycles. The molecule has 0 atom stereocenters. The Balaban J connectivity index is 1.71. The van der Waals surface area contributed by atoms with E-state index in [2.05, 4.69) is 95.3 Å². The number of pyridine rings is 1. The summed E-state index contributed by atoms with van der Waals surface area (Å²) in [7, 11) is 1.93. The first-order valence-electron chi connectivity index (χ1n) is 15.6. The zero-order valence-corrected chi connectivity index (χ0v) is 24.2. The van der Waals surface area contributed by atoms with E-state index in [1.807, 2.05) is 35.9 Å². The molecule has 0 unspecified atom stereocenters. The maximum Gasteiger partial charge on any atom is 0.216 e. The van der Waals surface area contributed by atoms with Crippen molar-refractivity contribution in [1.29, 1.82) is 0 Å². The van der Waals surface area contributed by atoms with Crippen LogP contribution in [0.1, 0.15) is 65.9 Å². The Labute approximate surface area is 242 Å². The van der Waals surface area contributed by atoms with Gasteiger partial charge in [-0.2, -0.15) is 0 Å². The molecular formula is C38H38NO+. The molecule has 0 saturated heterocycles. The lowest BCUT2D eigenvalue weighted by Crippen LogP contribution is -2.31. The van der Waals surface area contributed by atoms with Crippen LogP contribution in [0.2, 0.25) is 0 Å². The van der Waals surface area contributed by atoms with Crippen LogP contribution in [0.4, 0.5) is 0 Å². The number of nitrogens with zero attached hydrogens (tertiary/aromatic N) is 1. The van der Waals surface area contributed by atoms with Crippen molar-refractivity contribution in [2.45, 2.75) is 53.3 Å². The van der Waals surface area contributed by atoms with Crippen molar-refractivity contribution < 1.29 is 13.1 Å². The van der Waals surface area contributed by atoms with Crippen LogP contribution in [-0.2, 0) is 7.05 Å². The minimum atomic E-state index is -2.30. The molecule has 0 amide bonds. The van der Waals surface area contributed by atoms with Gasteiger partial charge in [0.05, 0.1) is 5.56 Å². The van der Waals surface area contributed by atoms with Gasteiger partial charge in [-0.1, -0.05) is 100 Å². The molecular weight excluding hydrogens is 486 g/mol. The molecule has 200 valence electrons. The van der Waals surface area contributed by atoms with Crippen LogP contribution in [-0.4, -0.2) is 0 Å². The SMILES string of the molecule is [2H]C([2H])([2H])c1c[n+](C)c(-c2c(C)ccc3c2oc2ccccc23)cc1-c1c(C(C)C)cc(-c2ccccc2)cc1C(C)C.